The van der Waals surface area contributed by atoms with E-state index in [0.29, 0.717) is 12.5 Å². The zero-order valence-electron chi connectivity index (χ0n) is 9.77. The Morgan fingerprint density at radius 3 is 2.88 bits per heavy atom. The second kappa shape index (κ2) is 4.29. The molecule has 0 radical (unpaired) electrons. The zero-order valence-corrected chi connectivity index (χ0v) is 9.77. The maximum atomic E-state index is 10.7. The van der Waals surface area contributed by atoms with Gasteiger partial charge in [0.1, 0.15) is 11.5 Å². The van der Waals surface area contributed by atoms with Crippen molar-refractivity contribution in [3.05, 3.63) is 23.7 Å². The summed E-state index contributed by atoms with van der Waals surface area (Å²) in [6, 6.07) is 4.03. The van der Waals surface area contributed by atoms with Gasteiger partial charge in [-0.3, -0.25) is 9.69 Å². The van der Waals surface area contributed by atoms with Crippen molar-refractivity contribution >= 4 is 5.91 Å². The van der Waals surface area contributed by atoms with Crippen molar-refractivity contribution in [3.63, 3.8) is 0 Å². The smallest absolute Gasteiger partial charge is 0.231 e. The van der Waals surface area contributed by atoms with Crippen molar-refractivity contribution in [2.24, 2.45) is 11.7 Å². The van der Waals surface area contributed by atoms with Crippen molar-refractivity contribution in [2.45, 2.75) is 25.8 Å². The van der Waals surface area contributed by atoms with E-state index in [4.69, 9.17) is 10.2 Å². The van der Waals surface area contributed by atoms with E-state index >= 15 is 0 Å². The molecule has 1 amide bonds. The lowest BCUT2D eigenvalue weighted by Gasteiger charge is -2.11. The first-order valence-corrected chi connectivity index (χ1v) is 5.61. The lowest BCUT2D eigenvalue weighted by Crippen LogP contribution is -2.30. The van der Waals surface area contributed by atoms with Crippen LogP contribution in [0.2, 0.25) is 0 Å². The molecular weight excluding hydrogens is 204 g/mol. The average Bonchev–Trinajstić information content (AvgIpc) is 2.73. The largest absolute Gasteiger partial charge is 0.464 e. The molecule has 1 aromatic rings. The van der Waals surface area contributed by atoms with Gasteiger partial charge in [-0.2, -0.15) is 0 Å². The fourth-order valence-corrected chi connectivity index (χ4v) is 1.99. The lowest BCUT2D eigenvalue weighted by molar-refractivity contribution is -0.119. The van der Waals surface area contributed by atoms with Crippen LogP contribution in [0.25, 0.3) is 0 Å². The summed E-state index contributed by atoms with van der Waals surface area (Å²) < 4.78 is 5.74. The van der Waals surface area contributed by atoms with Crippen LogP contribution >= 0.6 is 0 Å². The van der Waals surface area contributed by atoms with Gasteiger partial charge in [0, 0.05) is 5.92 Å². The minimum atomic E-state index is -0.315. The first-order valence-electron chi connectivity index (χ1n) is 5.61. The van der Waals surface area contributed by atoms with Crippen molar-refractivity contribution in [3.8, 4) is 0 Å². The van der Waals surface area contributed by atoms with Crippen LogP contribution in [0.3, 0.4) is 0 Å². The standard InChI is InChI=1S/C12H18N2O2/c1-8-5-10(8)11-4-3-9(16-11)6-14(2)7-12(13)15/h3-4,8,10H,5-7H2,1-2H3,(H2,13,15)/t8-,10-/m1/s1. The molecule has 0 unspecified atom stereocenters. The SMILES string of the molecule is C[C@@H]1C[C@H]1c1ccc(CN(C)CC(N)=O)o1. The third-order valence-electron chi connectivity index (χ3n) is 3.01. The van der Waals surface area contributed by atoms with Crippen LogP contribution in [0.5, 0.6) is 0 Å². The van der Waals surface area contributed by atoms with Crippen molar-refractivity contribution in [1.82, 2.24) is 4.90 Å². The molecule has 2 N–H and O–H groups in total. The van der Waals surface area contributed by atoms with E-state index in [0.717, 1.165) is 17.4 Å². The summed E-state index contributed by atoms with van der Waals surface area (Å²) in [6.45, 7) is 3.12. The summed E-state index contributed by atoms with van der Waals surface area (Å²) in [7, 11) is 1.85. The van der Waals surface area contributed by atoms with Crippen LogP contribution in [0.15, 0.2) is 16.5 Å². The summed E-state index contributed by atoms with van der Waals surface area (Å²) in [5.74, 6) is 3.02. The van der Waals surface area contributed by atoms with Crippen LogP contribution in [0.1, 0.15) is 30.8 Å². The highest BCUT2D eigenvalue weighted by Gasteiger charge is 2.36. The van der Waals surface area contributed by atoms with E-state index in [-0.39, 0.29) is 12.5 Å². The molecule has 0 saturated heterocycles. The fraction of sp³-hybridized carbons (Fsp3) is 0.583. The van der Waals surface area contributed by atoms with E-state index in [1.54, 1.807) is 0 Å². The highest BCUT2D eigenvalue weighted by molar-refractivity contribution is 5.75. The summed E-state index contributed by atoms with van der Waals surface area (Å²) >= 11 is 0. The molecule has 4 heteroatoms. The van der Waals surface area contributed by atoms with E-state index in [1.807, 2.05) is 24.1 Å². The van der Waals surface area contributed by atoms with Crippen LogP contribution in [-0.2, 0) is 11.3 Å². The Bertz CT molecular complexity index is 386. The monoisotopic (exact) mass is 222 g/mol. The number of nitrogens with zero attached hydrogens (tertiary/aromatic N) is 1. The van der Waals surface area contributed by atoms with Gasteiger partial charge in [0.05, 0.1) is 13.1 Å². The Balaban J connectivity index is 1.90. The molecule has 1 aromatic heterocycles. The molecule has 0 bridgehead atoms. The molecule has 2 atom stereocenters. The third-order valence-corrected chi connectivity index (χ3v) is 3.01. The molecule has 1 aliphatic rings. The van der Waals surface area contributed by atoms with Crippen molar-refractivity contribution in [2.75, 3.05) is 13.6 Å². The van der Waals surface area contributed by atoms with Crippen molar-refractivity contribution in [1.29, 1.82) is 0 Å². The number of carbonyl (C=O) groups excluding carboxylic acids is 1. The minimum absolute atomic E-state index is 0.260. The van der Waals surface area contributed by atoms with E-state index in [2.05, 4.69) is 6.92 Å². The van der Waals surface area contributed by atoms with Gasteiger partial charge in [0.25, 0.3) is 0 Å². The Morgan fingerprint density at radius 1 is 1.62 bits per heavy atom. The van der Waals surface area contributed by atoms with Gasteiger partial charge in [0.2, 0.25) is 5.91 Å². The fourth-order valence-electron chi connectivity index (χ4n) is 1.99. The average molecular weight is 222 g/mol. The quantitative estimate of drug-likeness (QED) is 0.817. The van der Waals surface area contributed by atoms with Gasteiger partial charge < -0.3 is 10.2 Å². The van der Waals surface area contributed by atoms with Crippen LogP contribution in [-0.4, -0.2) is 24.4 Å². The number of rotatable bonds is 5. The molecule has 16 heavy (non-hydrogen) atoms. The minimum Gasteiger partial charge on any atom is -0.464 e. The van der Waals surface area contributed by atoms with Gasteiger partial charge in [0.15, 0.2) is 0 Å². The number of hydrogen-bond acceptors (Lipinski definition) is 3. The van der Waals surface area contributed by atoms with Crippen LogP contribution in [0.4, 0.5) is 0 Å². The van der Waals surface area contributed by atoms with Crippen molar-refractivity contribution < 1.29 is 9.21 Å². The number of hydrogen-bond donors (Lipinski definition) is 1. The van der Waals surface area contributed by atoms with Gasteiger partial charge >= 0.3 is 0 Å². The molecule has 2 rings (SSSR count). The number of nitrogens with two attached hydrogens (primary N) is 1. The molecule has 1 saturated carbocycles. The lowest BCUT2D eigenvalue weighted by atomic mass is 10.3. The number of likely N-dealkylation sites (N-methyl/N-ethyl adjacent to an activating group) is 1. The Kier molecular flexibility index (Phi) is 3.01. The Hall–Kier alpha value is -1.29. The Labute approximate surface area is 95.4 Å². The summed E-state index contributed by atoms with van der Waals surface area (Å²) in [6.07, 6.45) is 1.23. The first-order chi connectivity index (χ1) is 7.56. The van der Waals surface area contributed by atoms with E-state index in [1.165, 1.54) is 6.42 Å². The predicted octanol–water partition coefficient (Wildman–Crippen LogP) is 1.32. The van der Waals surface area contributed by atoms with Gasteiger partial charge in [-0.15, -0.1) is 0 Å². The number of primary amides is 1. The second-order valence-electron chi connectivity index (χ2n) is 4.76. The summed E-state index contributed by atoms with van der Waals surface area (Å²) in [5, 5.41) is 0. The predicted molar refractivity (Wildman–Crippen MR) is 60.8 cm³/mol. The maximum Gasteiger partial charge on any atom is 0.231 e. The zero-order chi connectivity index (χ0) is 11.7. The highest BCUT2D eigenvalue weighted by Crippen LogP contribution is 2.47. The number of furan rings is 1. The molecule has 1 aliphatic carbocycles. The van der Waals surface area contributed by atoms with Crippen LogP contribution < -0.4 is 5.73 Å². The highest BCUT2D eigenvalue weighted by atomic mass is 16.3. The molecule has 0 aliphatic heterocycles. The molecule has 88 valence electrons. The second-order valence-corrected chi connectivity index (χ2v) is 4.76. The molecule has 1 fully saturated rings. The third kappa shape index (κ3) is 2.64. The maximum absolute atomic E-state index is 10.7. The van der Waals surface area contributed by atoms with Gasteiger partial charge in [-0.25, -0.2) is 0 Å². The van der Waals surface area contributed by atoms with Crippen LogP contribution in [0, 0.1) is 5.92 Å². The topological polar surface area (TPSA) is 59.5 Å². The number of amides is 1. The molecular formula is C12H18N2O2. The molecule has 4 nitrogen and oxygen atoms in total. The Morgan fingerprint density at radius 2 is 2.31 bits per heavy atom. The van der Waals surface area contributed by atoms with Gasteiger partial charge in [-0.1, -0.05) is 6.92 Å². The molecule has 0 spiro atoms. The summed E-state index contributed by atoms with van der Waals surface area (Å²) in [5.41, 5.74) is 5.12. The van der Waals surface area contributed by atoms with E-state index in [9.17, 15) is 4.79 Å². The normalized spacial score (nSPS) is 23.7. The summed E-state index contributed by atoms with van der Waals surface area (Å²) in [4.78, 5) is 12.6. The van der Waals surface area contributed by atoms with E-state index < -0.39 is 0 Å². The van der Waals surface area contributed by atoms with Gasteiger partial charge in [-0.05, 0) is 31.5 Å². The number of carbonyl (C=O) groups is 1. The first kappa shape index (κ1) is 11.2. The molecule has 0 aromatic carbocycles. The molecule has 1 heterocycles.